The minimum absolute atomic E-state index is 0.0225. The van der Waals surface area contributed by atoms with Crippen molar-refractivity contribution in [3.05, 3.63) is 24.0 Å². The van der Waals surface area contributed by atoms with E-state index in [-0.39, 0.29) is 6.04 Å². The zero-order valence-electron chi connectivity index (χ0n) is 10.2. The van der Waals surface area contributed by atoms with Crippen LogP contribution in [0.5, 0.6) is 0 Å². The number of nitrogens with two attached hydrogens (primary N) is 1. The molecule has 1 saturated heterocycles. The Labute approximate surface area is 97.7 Å². The van der Waals surface area contributed by atoms with Gasteiger partial charge in [-0.2, -0.15) is 0 Å². The van der Waals surface area contributed by atoms with Gasteiger partial charge in [-0.05, 0) is 37.8 Å². The fraction of sp³-hybridized carbons (Fsp3) is 0.615. The van der Waals surface area contributed by atoms with Crippen molar-refractivity contribution < 1.29 is 0 Å². The lowest BCUT2D eigenvalue weighted by molar-refractivity contribution is 0.446. The first kappa shape index (κ1) is 11.4. The molecule has 0 aliphatic carbocycles. The Kier molecular flexibility index (Phi) is 3.44. The van der Waals surface area contributed by atoms with Gasteiger partial charge in [-0.1, -0.05) is 6.92 Å². The third kappa shape index (κ3) is 2.53. The minimum atomic E-state index is 0.0225. The van der Waals surface area contributed by atoms with Gasteiger partial charge < -0.3 is 10.6 Å². The van der Waals surface area contributed by atoms with Crippen LogP contribution in [0.3, 0.4) is 0 Å². The second-order valence-corrected chi connectivity index (χ2v) is 4.92. The molecule has 2 heterocycles. The average Bonchev–Trinajstić information content (AvgIpc) is 2.29. The summed E-state index contributed by atoms with van der Waals surface area (Å²) in [5.41, 5.74) is 7.99. The van der Waals surface area contributed by atoms with Crippen LogP contribution in [0.15, 0.2) is 18.3 Å². The summed E-state index contributed by atoms with van der Waals surface area (Å²) in [7, 11) is 0. The fourth-order valence-electron chi connectivity index (χ4n) is 2.28. The zero-order chi connectivity index (χ0) is 11.5. The molecule has 2 rings (SSSR count). The van der Waals surface area contributed by atoms with E-state index in [9.17, 15) is 0 Å². The lowest BCUT2D eigenvalue weighted by Crippen LogP contribution is -2.34. The van der Waals surface area contributed by atoms with Gasteiger partial charge in [-0.3, -0.25) is 4.98 Å². The molecule has 2 N–H and O–H groups in total. The molecule has 3 nitrogen and oxygen atoms in total. The fourth-order valence-corrected chi connectivity index (χ4v) is 2.28. The van der Waals surface area contributed by atoms with Crippen molar-refractivity contribution in [1.29, 1.82) is 0 Å². The Hall–Kier alpha value is -1.09. The molecule has 1 aromatic heterocycles. The van der Waals surface area contributed by atoms with Gasteiger partial charge in [0, 0.05) is 19.1 Å². The van der Waals surface area contributed by atoms with E-state index in [1.165, 1.54) is 18.5 Å². The monoisotopic (exact) mass is 219 g/mol. The van der Waals surface area contributed by atoms with E-state index in [2.05, 4.69) is 22.9 Å². The third-order valence-corrected chi connectivity index (χ3v) is 3.26. The second-order valence-electron chi connectivity index (χ2n) is 4.92. The van der Waals surface area contributed by atoms with Crippen molar-refractivity contribution in [3.63, 3.8) is 0 Å². The lowest BCUT2D eigenvalue weighted by Gasteiger charge is -2.32. The molecule has 0 radical (unpaired) electrons. The average molecular weight is 219 g/mol. The van der Waals surface area contributed by atoms with Crippen LogP contribution in [-0.2, 0) is 0 Å². The van der Waals surface area contributed by atoms with Gasteiger partial charge in [0.1, 0.15) is 0 Å². The van der Waals surface area contributed by atoms with E-state index >= 15 is 0 Å². The summed E-state index contributed by atoms with van der Waals surface area (Å²) < 4.78 is 0. The highest BCUT2D eigenvalue weighted by molar-refractivity contribution is 5.45. The summed E-state index contributed by atoms with van der Waals surface area (Å²) in [4.78, 5) is 6.83. The van der Waals surface area contributed by atoms with E-state index < -0.39 is 0 Å². The SMILES string of the molecule is CC1CCCN(c2ccc(C(C)N)nc2)C1. The molecule has 0 amide bonds. The second kappa shape index (κ2) is 4.83. The van der Waals surface area contributed by atoms with Gasteiger partial charge >= 0.3 is 0 Å². The number of piperidine rings is 1. The van der Waals surface area contributed by atoms with Crippen molar-refractivity contribution in [3.8, 4) is 0 Å². The van der Waals surface area contributed by atoms with Crippen LogP contribution in [0.2, 0.25) is 0 Å². The Morgan fingerprint density at radius 1 is 1.50 bits per heavy atom. The molecule has 1 aliphatic rings. The first-order valence-electron chi connectivity index (χ1n) is 6.13. The maximum atomic E-state index is 5.79. The Morgan fingerprint density at radius 2 is 2.31 bits per heavy atom. The predicted molar refractivity (Wildman–Crippen MR) is 67.5 cm³/mol. The molecule has 2 unspecified atom stereocenters. The molecule has 3 heteroatoms. The van der Waals surface area contributed by atoms with E-state index in [1.54, 1.807) is 0 Å². The standard InChI is InChI=1S/C13H21N3/c1-10-4-3-7-16(9-10)12-5-6-13(11(2)14)15-8-12/h5-6,8,10-11H,3-4,7,9,14H2,1-2H3. The maximum absolute atomic E-state index is 5.79. The molecule has 2 atom stereocenters. The van der Waals surface area contributed by atoms with Gasteiger partial charge in [0.25, 0.3) is 0 Å². The van der Waals surface area contributed by atoms with Crippen molar-refractivity contribution >= 4 is 5.69 Å². The summed E-state index contributed by atoms with van der Waals surface area (Å²) in [5, 5.41) is 0. The van der Waals surface area contributed by atoms with Crippen molar-refractivity contribution in [2.45, 2.75) is 32.7 Å². The van der Waals surface area contributed by atoms with Crippen molar-refractivity contribution in [1.82, 2.24) is 4.98 Å². The number of aromatic nitrogens is 1. The highest BCUT2D eigenvalue weighted by Crippen LogP contribution is 2.22. The maximum Gasteiger partial charge on any atom is 0.0569 e. The smallest absolute Gasteiger partial charge is 0.0569 e. The molecule has 1 aliphatic heterocycles. The number of hydrogen-bond acceptors (Lipinski definition) is 3. The minimum Gasteiger partial charge on any atom is -0.370 e. The van der Waals surface area contributed by atoms with E-state index in [0.29, 0.717) is 0 Å². The molecule has 88 valence electrons. The van der Waals surface area contributed by atoms with Crippen LogP contribution < -0.4 is 10.6 Å². The van der Waals surface area contributed by atoms with Gasteiger partial charge in [0.2, 0.25) is 0 Å². The van der Waals surface area contributed by atoms with E-state index in [0.717, 1.165) is 24.7 Å². The lowest BCUT2D eigenvalue weighted by atomic mass is 10.00. The zero-order valence-corrected chi connectivity index (χ0v) is 10.2. The van der Waals surface area contributed by atoms with E-state index in [4.69, 9.17) is 5.73 Å². The molecule has 1 aromatic rings. The van der Waals surface area contributed by atoms with Crippen LogP contribution in [0, 0.1) is 5.92 Å². The predicted octanol–water partition coefficient (Wildman–Crippen LogP) is 2.34. The quantitative estimate of drug-likeness (QED) is 0.830. The number of nitrogens with zero attached hydrogens (tertiary/aromatic N) is 2. The van der Waals surface area contributed by atoms with Crippen LogP contribution in [0.25, 0.3) is 0 Å². The number of anilines is 1. The van der Waals surface area contributed by atoms with Gasteiger partial charge in [0.15, 0.2) is 0 Å². The number of pyridine rings is 1. The Morgan fingerprint density at radius 3 is 2.88 bits per heavy atom. The largest absolute Gasteiger partial charge is 0.370 e. The summed E-state index contributed by atoms with van der Waals surface area (Å²) in [6.45, 7) is 6.59. The summed E-state index contributed by atoms with van der Waals surface area (Å²) in [6, 6.07) is 4.21. The third-order valence-electron chi connectivity index (χ3n) is 3.26. The molecule has 16 heavy (non-hydrogen) atoms. The molecule has 0 bridgehead atoms. The van der Waals surface area contributed by atoms with Gasteiger partial charge in [0.05, 0.1) is 17.6 Å². The normalized spacial score (nSPS) is 23.2. The molecular weight excluding hydrogens is 198 g/mol. The van der Waals surface area contributed by atoms with Crippen molar-refractivity contribution in [2.75, 3.05) is 18.0 Å². The topological polar surface area (TPSA) is 42.1 Å². The summed E-state index contributed by atoms with van der Waals surface area (Å²) >= 11 is 0. The van der Waals surface area contributed by atoms with Crippen LogP contribution in [0.1, 0.15) is 38.4 Å². The molecule has 1 fully saturated rings. The highest BCUT2D eigenvalue weighted by Gasteiger charge is 2.16. The van der Waals surface area contributed by atoms with Gasteiger partial charge in [-0.25, -0.2) is 0 Å². The Balaban J connectivity index is 2.09. The van der Waals surface area contributed by atoms with Crippen LogP contribution in [-0.4, -0.2) is 18.1 Å². The first-order chi connectivity index (χ1) is 7.66. The van der Waals surface area contributed by atoms with Gasteiger partial charge in [-0.15, -0.1) is 0 Å². The molecule has 0 spiro atoms. The van der Waals surface area contributed by atoms with E-state index in [1.807, 2.05) is 19.2 Å². The van der Waals surface area contributed by atoms with Crippen LogP contribution >= 0.6 is 0 Å². The summed E-state index contributed by atoms with van der Waals surface area (Å²) in [6.07, 6.45) is 4.59. The first-order valence-corrected chi connectivity index (χ1v) is 6.13. The number of rotatable bonds is 2. The number of hydrogen-bond donors (Lipinski definition) is 1. The highest BCUT2D eigenvalue weighted by atomic mass is 15.1. The molecular formula is C13H21N3. The Bertz CT molecular complexity index is 332. The van der Waals surface area contributed by atoms with Crippen molar-refractivity contribution in [2.24, 2.45) is 11.7 Å². The molecule has 0 aromatic carbocycles. The van der Waals surface area contributed by atoms with Crippen LogP contribution in [0.4, 0.5) is 5.69 Å². The molecule has 0 saturated carbocycles. The summed E-state index contributed by atoms with van der Waals surface area (Å²) in [5.74, 6) is 0.793.